The third-order valence-electron chi connectivity index (χ3n) is 1.81. The largest absolute Gasteiger partial charge is 0.456 e. The summed E-state index contributed by atoms with van der Waals surface area (Å²) in [6.45, 7) is 0.806. The number of hydrogen-bond donors (Lipinski definition) is 1. The summed E-state index contributed by atoms with van der Waals surface area (Å²) in [5.74, 6) is -1.08. The zero-order chi connectivity index (χ0) is 12.8. The zero-order valence-corrected chi connectivity index (χ0v) is 9.75. The van der Waals surface area contributed by atoms with Crippen molar-refractivity contribution in [3.05, 3.63) is 28.8 Å². The summed E-state index contributed by atoms with van der Waals surface area (Å²) in [6.07, 6.45) is 0. The van der Waals surface area contributed by atoms with Crippen LogP contribution in [0.4, 0.5) is 5.69 Å². The number of nitrogens with one attached hydrogen (secondary N) is 1. The molecule has 0 saturated heterocycles. The van der Waals surface area contributed by atoms with Crippen LogP contribution in [0.15, 0.2) is 18.2 Å². The molecule has 0 aliphatic carbocycles. The highest BCUT2D eigenvalue weighted by Crippen LogP contribution is 2.22. The van der Waals surface area contributed by atoms with Gasteiger partial charge < -0.3 is 10.1 Å². The van der Waals surface area contributed by atoms with Gasteiger partial charge in [0.25, 0.3) is 5.91 Å². The molecule has 0 aliphatic heterocycles. The molecule has 6 heteroatoms. The Labute approximate surface area is 103 Å². The Bertz CT molecular complexity index is 494. The van der Waals surface area contributed by atoms with Gasteiger partial charge in [0.05, 0.1) is 16.3 Å². The maximum Gasteiger partial charge on any atom is 0.303 e. The summed E-state index contributed by atoms with van der Waals surface area (Å²) in [5, 5.41) is 11.5. The lowest BCUT2D eigenvalue weighted by atomic mass is 10.2. The van der Waals surface area contributed by atoms with E-state index in [1.54, 1.807) is 12.1 Å². The van der Waals surface area contributed by atoms with E-state index in [9.17, 15) is 9.59 Å². The molecule has 1 amide bonds. The van der Waals surface area contributed by atoms with Crippen molar-refractivity contribution in [1.82, 2.24) is 0 Å². The first kappa shape index (κ1) is 13.0. The lowest BCUT2D eigenvalue weighted by Gasteiger charge is -2.07. The lowest BCUT2D eigenvalue weighted by molar-refractivity contribution is -0.144. The van der Waals surface area contributed by atoms with Crippen LogP contribution in [0.3, 0.4) is 0 Å². The summed E-state index contributed by atoms with van der Waals surface area (Å²) < 4.78 is 4.51. The van der Waals surface area contributed by atoms with Crippen molar-refractivity contribution >= 4 is 29.2 Å². The molecule has 88 valence electrons. The second-order valence-electron chi connectivity index (χ2n) is 3.10. The molecule has 0 aromatic heterocycles. The fraction of sp³-hybridized carbons (Fsp3) is 0.182. The number of carbonyl (C=O) groups is 2. The minimum atomic E-state index is -0.549. The van der Waals surface area contributed by atoms with Crippen LogP contribution in [0.2, 0.25) is 5.02 Å². The number of halogens is 1. The molecule has 0 bridgehead atoms. The number of esters is 1. The third-order valence-corrected chi connectivity index (χ3v) is 2.12. The number of nitrogens with zero attached hydrogens (tertiary/aromatic N) is 1. The van der Waals surface area contributed by atoms with Crippen LogP contribution >= 0.6 is 11.6 Å². The highest BCUT2D eigenvalue weighted by molar-refractivity contribution is 6.32. The number of carbonyl (C=O) groups excluding carboxylic acids is 2. The van der Waals surface area contributed by atoms with E-state index in [2.05, 4.69) is 10.1 Å². The molecule has 1 N–H and O–H groups in total. The number of rotatable bonds is 3. The zero-order valence-electron chi connectivity index (χ0n) is 8.99. The van der Waals surface area contributed by atoms with E-state index >= 15 is 0 Å². The quantitative estimate of drug-likeness (QED) is 0.831. The van der Waals surface area contributed by atoms with Crippen molar-refractivity contribution in [2.24, 2.45) is 0 Å². The Balaban J connectivity index is 2.75. The normalized spacial score (nSPS) is 9.24. The molecule has 0 aliphatic rings. The predicted octanol–water partition coefficient (Wildman–Crippen LogP) is 1.71. The fourth-order valence-corrected chi connectivity index (χ4v) is 1.31. The van der Waals surface area contributed by atoms with Crippen molar-refractivity contribution in [1.29, 1.82) is 5.26 Å². The second-order valence-corrected chi connectivity index (χ2v) is 3.51. The van der Waals surface area contributed by atoms with Crippen LogP contribution in [0, 0.1) is 11.3 Å². The van der Waals surface area contributed by atoms with E-state index < -0.39 is 18.5 Å². The molecular formula is C11H9ClN2O3. The first-order chi connectivity index (χ1) is 8.04. The van der Waals surface area contributed by atoms with Gasteiger partial charge in [-0.25, -0.2) is 0 Å². The van der Waals surface area contributed by atoms with Gasteiger partial charge in [0.1, 0.15) is 6.07 Å². The van der Waals surface area contributed by atoms with Gasteiger partial charge in [0.15, 0.2) is 6.61 Å². The Morgan fingerprint density at radius 2 is 2.24 bits per heavy atom. The molecule has 17 heavy (non-hydrogen) atoms. The number of hydrogen-bond acceptors (Lipinski definition) is 4. The highest BCUT2D eigenvalue weighted by atomic mass is 35.5. The van der Waals surface area contributed by atoms with Crippen molar-refractivity contribution in [2.45, 2.75) is 6.92 Å². The molecule has 0 heterocycles. The van der Waals surface area contributed by atoms with E-state index in [-0.39, 0.29) is 16.3 Å². The van der Waals surface area contributed by atoms with Crippen molar-refractivity contribution in [3.8, 4) is 6.07 Å². The Morgan fingerprint density at radius 3 is 2.82 bits per heavy atom. The monoisotopic (exact) mass is 252 g/mol. The topological polar surface area (TPSA) is 79.2 Å². The summed E-state index contributed by atoms with van der Waals surface area (Å²) in [6, 6.07) is 6.56. The standard InChI is InChI=1S/C11H9ClN2O3/c1-7(15)17-6-11(16)14-10-4-2-3-9(12)8(10)5-13/h2-4H,6H2,1H3,(H,14,16). The smallest absolute Gasteiger partial charge is 0.303 e. The SMILES string of the molecule is CC(=O)OCC(=O)Nc1cccc(Cl)c1C#N. The Hall–Kier alpha value is -2.06. The van der Waals surface area contributed by atoms with Crippen LogP contribution in [0.1, 0.15) is 12.5 Å². The number of ether oxygens (including phenoxy) is 1. The number of amides is 1. The molecular weight excluding hydrogens is 244 g/mol. The van der Waals surface area contributed by atoms with Crippen LogP contribution in [-0.4, -0.2) is 18.5 Å². The maximum atomic E-state index is 11.4. The van der Waals surface area contributed by atoms with Gasteiger partial charge in [-0.2, -0.15) is 5.26 Å². The van der Waals surface area contributed by atoms with Crippen LogP contribution in [-0.2, 0) is 14.3 Å². The molecule has 1 aromatic carbocycles. The molecule has 1 rings (SSSR count). The van der Waals surface area contributed by atoms with Gasteiger partial charge in [-0.15, -0.1) is 0 Å². The Kier molecular flexibility index (Phi) is 4.49. The van der Waals surface area contributed by atoms with Gasteiger partial charge >= 0.3 is 5.97 Å². The van der Waals surface area contributed by atoms with E-state index in [0.29, 0.717) is 0 Å². The van der Waals surface area contributed by atoms with Gasteiger partial charge in [-0.05, 0) is 12.1 Å². The van der Waals surface area contributed by atoms with Crippen molar-refractivity contribution in [2.75, 3.05) is 11.9 Å². The maximum absolute atomic E-state index is 11.4. The second kappa shape index (κ2) is 5.87. The summed E-state index contributed by atoms with van der Waals surface area (Å²) in [4.78, 5) is 21.9. The average molecular weight is 253 g/mol. The lowest BCUT2D eigenvalue weighted by Crippen LogP contribution is -2.20. The van der Waals surface area contributed by atoms with Crippen LogP contribution < -0.4 is 5.32 Å². The summed E-state index contributed by atoms with van der Waals surface area (Å²) >= 11 is 5.78. The molecule has 1 aromatic rings. The minimum Gasteiger partial charge on any atom is -0.456 e. The van der Waals surface area contributed by atoms with Crippen LogP contribution in [0.25, 0.3) is 0 Å². The van der Waals surface area contributed by atoms with Gasteiger partial charge in [-0.3, -0.25) is 9.59 Å². The number of nitriles is 1. The first-order valence-corrected chi connectivity index (χ1v) is 5.04. The average Bonchev–Trinajstić information content (AvgIpc) is 2.27. The molecule has 0 saturated carbocycles. The Morgan fingerprint density at radius 1 is 1.53 bits per heavy atom. The van der Waals surface area contributed by atoms with Gasteiger partial charge in [0, 0.05) is 6.92 Å². The van der Waals surface area contributed by atoms with Crippen LogP contribution in [0.5, 0.6) is 0 Å². The highest BCUT2D eigenvalue weighted by Gasteiger charge is 2.10. The van der Waals surface area contributed by atoms with Gasteiger partial charge in [0.2, 0.25) is 0 Å². The van der Waals surface area contributed by atoms with E-state index in [1.807, 2.05) is 6.07 Å². The summed E-state index contributed by atoms with van der Waals surface area (Å²) in [5.41, 5.74) is 0.461. The molecule has 0 fully saturated rings. The van der Waals surface area contributed by atoms with Gasteiger partial charge in [-0.1, -0.05) is 17.7 Å². The fourth-order valence-electron chi connectivity index (χ4n) is 1.10. The number of benzene rings is 1. The summed E-state index contributed by atoms with van der Waals surface area (Å²) in [7, 11) is 0. The molecule has 5 nitrogen and oxygen atoms in total. The van der Waals surface area contributed by atoms with E-state index in [0.717, 1.165) is 0 Å². The minimum absolute atomic E-state index is 0.172. The molecule has 0 spiro atoms. The molecule has 0 atom stereocenters. The third kappa shape index (κ3) is 3.78. The first-order valence-electron chi connectivity index (χ1n) is 4.66. The van der Waals surface area contributed by atoms with Crippen molar-refractivity contribution in [3.63, 3.8) is 0 Å². The van der Waals surface area contributed by atoms with E-state index in [1.165, 1.54) is 13.0 Å². The van der Waals surface area contributed by atoms with Crippen molar-refractivity contribution < 1.29 is 14.3 Å². The number of anilines is 1. The molecule has 0 radical (unpaired) electrons. The predicted molar refractivity (Wildman–Crippen MR) is 61.4 cm³/mol. The van der Waals surface area contributed by atoms with E-state index in [4.69, 9.17) is 16.9 Å². The molecule has 0 unspecified atom stereocenters.